The molecule has 0 amide bonds. The third-order valence-electron chi connectivity index (χ3n) is 7.18. The molecule has 0 saturated carbocycles. The highest BCUT2D eigenvalue weighted by Gasteiger charge is 2.52. The third kappa shape index (κ3) is 9.54. The van der Waals surface area contributed by atoms with Crippen LogP contribution in [-0.4, -0.2) is 73.5 Å². The van der Waals surface area contributed by atoms with Crippen molar-refractivity contribution in [3.63, 3.8) is 0 Å². The van der Waals surface area contributed by atoms with Crippen LogP contribution in [0.4, 0.5) is 0 Å². The lowest BCUT2D eigenvalue weighted by Gasteiger charge is -2.44. The van der Waals surface area contributed by atoms with Crippen molar-refractivity contribution in [2.45, 2.75) is 41.7 Å². The Morgan fingerprint density at radius 3 is 1.58 bits per heavy atom. The molecule has 1 heterocycles. The van der Waals surface area contributed by atoms with Gasteiger partial charge < -0.3 is 28.4 Å². The molecule has 1 aliphatic rings. The lowest BCUT2D eigenvalue weighted by molar-refractivity contribution is -0.221. The topological polar surface area (TPSA) is 124 Å². The molecular formula is C37H34O10S. The lowest BCUT2D eigenvalue weighted by atomic mass is 9.98. The van der Waals surface area contributed by atoms with Gasteiger partial charge in [-0.1, -0.05) is 84.6 Å². The molecule has 0 aliphatic carbocycles. The standard InChI is InChI=1S/C37H34O10S/c1-25(38)42-22-23-43-33-32(47-36(41)28-18-10-4-11-19-28)31(46-35(40)27-16-8-3-9-17-27)30(24-44-34(39)26-14-6-2-7-15-26)45-37(33)48-29-20-12-5-13-21-29/h2-21,30-33,37H,22-24H2,1H3/t30-,31-,32+,33-,37+/m1/s1. The first-order valence-electron chi connectivity index (χ1n) is 15.3. The summed E-state index contributed by atoms with van der Waals surface area (Å²) in [6.45, 7) is 0.779. The van der Waals surface area contributed by atoms with Gasteiger partial charge in [-0.25, -0.2) is 14.4 Å². The maximum Gasteiger partial charge on any atom is 0.338 e. The van der Waals surface area contributed by atoms with Crippen LogP contribution in [0.5, 0.6) is 0 Å². The van der Waals surface area contributed by atoms with Crippen molar-refractivity contribution in [3.8, 4) is 0 Å². The highest BCUT2D eigenvalue weighted by Crippen LogP contribution is 2.38. The Balaban J connectivity index is 1.52. The van der Waals surface area contributed by atoms with Gasteiger partial charge in [-0.15, -0.1) is 0 Å². The molecule has 5 atom stereocenters. The number of benzene rings is 4. The first-order valence-corrected chi connectivity index (χ1v) is 16.1. The molecular weight excluding hydrogens is 636 g/mol. The van der Waals surface area contributed by atoms with Crippen LogP contribution in [0.3, 0.4) is 0 Å². The van der Waals surface area contributed by atoms with Crippen LogP contribution >= 0.6 is 11.8 Å². The second-order valence-electron chi connectivity index (χ2n) is 10.6. The van der Waals surface area contributed by atoms with Gasteiger partial charge in [0.1, 0.15) is 30.9 Å². The van der Waals surface area contributed by atoms with Crippen LogP contribution in [0.25, 0.3) is 0 Å². The van der Waals surface area contributed by atoms with E-state index in [1.165, 1.54) is 18.7 Å². The first kappa shape index (κ1) is 34.4. The molecule has 4 aromatic rings. The van der Waals surface area contributed by atoms with Gasteiger partial charge in [0.15, 0.2) is 12.2 Å². The molecule has 5 rings (SSSR count). The number of ether oxygens (including phenoxy) is 6. The van der Waals surface area contributed by atoms with Crippen molar-refractivity contribution in [3.05, 3.63) is 138 Å². The zero-order valence-electron chi connectivity index (χ0n) is 26.0. The minimum atomic E-state index is -1.29. The minimum absolute atomic E-state index is 0.0775. The Bertz CT molecular complexity index is 1640. The van der Waals surface area contributed by atoms with Gasteiger partial charge in [0.05, 0.1) is 23.3 Å². The molecule has 0 spiro atoms. The molecule has 1 aliphatic heterocycles. The SMILES string of the molecule is CC(=O)OCCO[C@@H]1[C@@H](OC(=O)c2ccccc2)[C@H](OC(=O)c2ccccc2)[C@@H](COC(=O)c2ccccc2)O[C@H]1Sc1ccccc1. The highest BCUT2D eigenvalue weighted by atomic mass is 32.2. The van der Waals surface area contributed by atoms with Gasteiger partial charge in [-0.3, -0.25) is 4.79 Å². The summed E-state index contributed by atoms with van der Waals surface area (Å²) >= 11 is 1.29. The Kier molecular flexibility index (Phi) is 12.4. The molecule has 11 heteroatoms. The van der Waals surface area contributed by atoms with Crippen molar-refractivity contribution in [1.82, 2.24) is 0 Å². The normalized spacial score (nSPS) is 20.2. The number of carbonyl (C=O) groups is 4. The smallest absolute Gasteiger partial charge is 0.338 e. The van der Waals surface area contributed by atoms with E-state index in [0.29, 0.717) is 5.56 Å². The summed E-state index contributed by atoms with van der Waals surface area (Å²) in [5.41, 5.74) is -0.0284. The molecule has 0 radical (unpaired) electrons. The van der Waals surface area contributed by atoms with Crippen molar-refractivity contribution < 1.29 is 47.6 Å². The zero-order chi connectivity index (χ0) is 33.7. The largest absolute Gasteiger partial charge is 0.463 e. The van der Waals surface area contributed by atoms with Gasteiger partial charge in [-0.05, 0) is 48.5 Å². The lowest BCUT2D eigenvalue weighted by Crippen LogP contribution is -2.61. The van der Waals surface area contributed by atoms with Crippen LogP contribution in [-0.2, 0) is 33.2 Å². The maximum absolute atomic E-state index is 13.6. The zero-order valence-corrected chi connectivity index (χ0v) is 26.9. The van der Waals surface area contributed by atoms with Crippen molar-refractivity contribution in [2.24, 2.45) is 0 Å². The molecule has 1 saturated heterocycles. The summed E-state index contributed by atoms with van der Waals surface area (Å²) in [4.78, 5) is 52.4. The quantitative estimate of drug-likeness (QED) is 0.0980. The van der Waals surface area contributed by atoms with Gasteiger partial charge in [0.25, 0.3) is 0 Å². The molecule has 0 N–H and O–H groups in total. The summed E-state index contributed by atoms with van der Waals surface area (Å²) in [5.74, 6) is -2.51. The summed E-state index contributed by atoms with van der Waals surface area (Å²) in [6, 6.07) is 34.4. The minimum Gasteiger partial charge on any atom is -0.463 e. The van der Waals surface area contributed by atoms with Crippen LogP contribution in [0, 0.1) is 0 Å². The summed E-state index contributed by atoms with van der Waals surface area (Å²) in [7, 11) is 0. The van der Waals surface area contributed by atoms with E-state index in [0.717, 1.165) is 4.90 Å². The fraction of sp³-hybridized carbons (Fsp3) is 0.243. The fourth-order valence-electron chi connectivity index (χ4n) is 4.91. The van der Waals surface area contributed by atoms with E-state index in [1.54, 1.807) is 91.0 Å². The maximum atomic E-state index is 13.6. The second kappa shape index (κ2) is 17.3. The number of rotatable bonds is 13. The molecule has 10 nitrogen and oxygen atoms in total. The van der Waals surface area contributed by atoms with E-state index in [4.69, 9.17) is 28.4 Å². The number of esters is 4. The van der Waals surface area contributed by atoms with Crippen molar-refractivity contribution in [1.29, 1.82) is 0 Å². The second-order valence-corrected chi connectivity index (χ2v) is 11.8. The molecule has 0 unspecified atom stereocenters. The first-order chi connectivity index (χ1) is 23.4. The van der Waals surface area contributed by atoms with E-state index in [-0.39, 0.29) is 30.9 Å². The van der Waals surface area contributed by atoms with Crippen molar-refractivity contribution >= 4 is 35.6 Å². The van der Waals surface area contributed by atoms with E-state index in [2.05, 4.69) is 0 Å². The number of hydrogen-bond acceptors (Lipinski definition) is 11. The number of carbonyl (C=O) groups excluding carboxylic acids is 4. The Morgan fingerprint density at radius 2 is 1.06 bits per heavy atom. The number of thioether (sulfide) groups is 1. The summed E-state index contributed by atoms with van der Waals surface area (Å²) in [5, 5.41) is 0. The Morgan fingerprint density at radius 1 is 0.583 bits per heavy atom. The third-order valence-corrected chi connectivity index (χ3v) is 8.34. The van der Waals surface area contributed by atoms with Crippen LogP contribution in [0.1, 0.15) is 38.0 Å². The van der Waals surface area contributed by atoms with Gasteiger partial charge in [0.2, 0.25) is 0 Å². The van der Waals surface area contributed by atoms with Gasteiger partial charge >= 0.3 is 23.9 Å². The van der Waals surface area contributed by atoms with Crippen LogP contribution in [0.15, 0.2) is 126 Å². The predicted molar refractivity (Wildman–Crippen MR) is 175 cm³/mol. The van der Waals surface area contributed by atoms with E-state index in [9.17, 15) is 19.2 Å². The van der Waals surface area contributed by atoms with Crippen LogP contribution < -0.4 is 0 Å². The van der Waals surface area contributed by atoms with E-state index >= 15 is 0 Å². The van der Waals surface area contributed by atoms with Gasteiger partial charge in [-0.2, -0.15) is 0 Å². The van der Waals surface area contributed by atoms with E-state index in [1.807, 2.05) is 30.3 Å². The molecule has 1 fully saturated rings. The predicted octanol–water partition coefficient (Wildman–Crippen LogP) is 5.76. The fourth-order valence-corrected chi connectivity index (χ4v) is 6.06. The van der Waals surface area contributed by atoms with Crippen molar-refractivity contribution in [2.75, 3.05) is 19.8 Å². The molecule has 4 aromatic carbocycles. The van der Waals surface area contributed by atoms with E-state index < -0.39 is 53.7 Å². The monoisotopic (exact) mass is 670 g/mol. The molecule has 48 heavy (non-hydrogen) atoms. The highest BCUT2D eigenvalue weighted by molar-refractivity contribution is 7.99. The average Bonchev–Trinajstić information content (AvgIpc) is 3.12. The Hall–Kier alpha value is -4.97. The molecule has 0 bridgehead atoms. The molecule has 248 valence electrons. The summed E-state index contributed by atoms with van der Waals surface area (Å²) in [6.07, 6.45) is -4.67. The van der Waals surface area contributed by atoms with Crippen LogP contribution in [0.2, 0.25) is 0 Å². The Labute approximate surface area is 282 Å². The average molecular weight is 671 g/mol. The molecule has 0 aromatic heterocycles. The number of hydrogen-bond donors (Lipinski definition) is 0. The summed E-state index contributed by atoms with van der Waals surface area (Å²) < 4.78 is 35.7. The van der Waals surface area contributed by atoms with Gasteiger partial charge in [0, 0.05) is 11.8 Å².